The average molecular weight is 479 g/mol. The van der Waals surface area contributed by atoms with Crippen LogP contribution in [0.1, 0.15) is 43.9 Å². The fourth-order valence-corrected chi connectivity index (χ4v) is 5.27. The molecule has 1 aliphatic heterocycles. The summed E-state index contributed by atoms with van der Waals surface area (Å²) in [5, 5.41) is 13.6. The number of aromatic nitrogens is 1. The highest BCUT2D eigenvalue weighted by molar-refractivity contribution is 14.2. The van der Waals surface area contributed by atoms with Gasteiger partial charge in [-0.15, -0.1) is 20.7 Å². The molecular weight excluding hydrogens is 453 g/mol. The number of pyridine rings is 1. The van der Waals surface area contributed by atoms with E-state index in [1.807, 2.05) is 30.6 Å². The van der Waals surface area contributed by atoms with Crippen LogP contribution in [0.2, 0.25) is 0 Å². The molecule has 0 spiro atoms. The van der Waals surface area contributed by atoms with Gasteiger partial charge in [-0.25, -0.2) is 0 Å². The van der Waals surface area contributed by atoms with Gasteiger partial charge in [-0.05, 0) is 40.3 Å². The van der Waals surface area contributed by atoms with Gasteiger partial charge < -0.3 is 9.84 Å². The van der Waals surface area contributed by atoms with Crippen molar-refractivity contribution in [1.82, 2.24) is 10.3 Å². The summed E-state index contributed by atoms with van der Waals surface area (Å²) in [6.07, 6.45) is 5.98. The first-order valence-electron chi connectivity index (χ1n) is 9.18. The van der Waals surface area contributed by atoms with Gasteiger partial charge in [0.25, 0.3) is 0 Å². The molecule has 1 aliphatic rings. The Bertz CT molecular complexity index is 823. The van der Waals surface area contributed by atoms with E-state index in [1.54, 1.807) is 13.2 Å². The molecule has 0 amide bonds. The minimum atomic E-state index is -0.126. The molecule has 0 aliphatic carbocycles. The molecule has 1 aromatic heterocycles. The molecule has 2 aromatic rings. The second-order valence-corrected chi connectivity index (χ2v) is 9.86. The molecule has 0 fully saturated rings. The molecule has 0 saturated heterocycles. The van der Waals surface area contributed by atoms with Gasteiger partial charge in [0.05, 0.1) is 12.8 Å². The van der Waals surface area contributed by atoms with Crippen molar-refractivity contribution in [1.29, 1.82) is 0 Å². The van der Waals surface area contributed by atoms with Crippen molar-refractivity contribution in [2.24, 2.45) is 4.99 Å². The van der Waals surface area contributed by atoms with Crippen LogP contribution in [0.4, 0.5) is 0 Å². The fraction of sp³-hybridized carbons (Fsp3) is 0.381. The molecule has 5 nitrogen and oxygen atoms in total. The monoisotopic (exact) mass is 479 g/mol. The molecule has 2 heterocycles. The lowest BCUT2D eigenvalue weighted by molar-refractivity contribution is 0.373. The Labute approximate surface area is 170 Å². The van der Waals surface area contributed by atoms with E-state index in [1.165, 1.54) is 5.56 Å². The zero-order valence-corrected chi connectivity index (χ0v) is 18.1. The topological polar surface area (TPSA) is 66.7 Å². The summed E-state index contributed by atoms with van der Waals surface area (Å²) in [6.45, 7) is 4.47. The molecule has 0 saturated carbocycles. The zero-order chi connectivity index (χ0) is 19.2. The van der Waals surface area contributed by atoms with Gasteiger partial charge >= 0.3 is 0 Å². The van der Waals surface area contributed by atoms with Gasteiger partial charge in [0, 0.05) is 27.9 Å². The fourth-order valence-electron chi connectivity index (χ4n) is 3.08. The number of alkyl halides is 1. The van der Waals surface area contributed by atoms with Gasteiger partial charge in [-0.2, -0.15) is 0 Å². The Morgan fingerprint density at radius 1 is 1.33 bits per heavy atom. The number of rotatable bonds is 7. The first kappa shape index (κ1) is 19.9. The van der Waals surface area contributed by atoms with Crippen molar-refractivity contribution in [2.45, 2.75) is 42.8 Å². The predicted octanol–water partition coefficient (Wildman–Crippen LogP) is 4.22. The molecule has 3 rings (SSSR count). The summed E-state index contributed by atoms with van der Waals surface area (Å²) in [5.74, 6) is 0.624. The van der Waals surface area contributed by atoms with Crippen molar-refractivity contribution >= 4 is 30.5 Å². The van der Waals surface area contributed by atoms with E-state index in [4.69, 9.17) is 9.73 Å². The number of methoxy groups -OCH3 is 1. The molecular formula is C21H26IN3O2. The maximum Gasteiger partial charge on any atom is 0.161 e. The lowest BCUT2D eigenvalue weighted by atomic mass is 10.0. The number of halogens is 1. The maximum absolute atomic E-state index is 9.84. The van der Waals surface area contributed by atoms with Gasteiger partial charge in [0.1, 0.15) is 6.17 Å². The second kappa shape index (κ2) is 9.41. The minimum Gasteiger partial charge on any atom is -0.504 e. The predicted molar refractivity (Wildman–Crippen MR) is 120 cm³/mol. The van der Waals surface area contributed by atoms with E-state index in [-0.39, 0.29) is 38.7 Å². The lowest BCUT2D eigenvalue weighted by Crippen LogP contribution is -2.39. The highest BCUT2D eigenvalue weighted by Gasteiger charge is 2.23. The summed E-state index contributed by atoms with van der Waals surface area (Å²) in [7, 11) is 1.56. The summed E-state index contributed by atoms with van der Waals surface area (Å²) in [4.78, 5) is 9.28. The molecule has 3 unspecified atom stereocenters. The van der Waals surface area contributed by atoms with E-state index in [0.29, 0.717) is 9.67 Å². The number of aliphatic imine (C=N–C) groups is 1. The van der Waals surface area contributed by atoms with E-state index < -0.39 is 0 Å². The quantitative estimate of drug-likeness (QED) is 0.461. The van der Waals surface area contributed by atoms with Crippen LogP contribution in [0.5, 0.6) is 11.5 Å². The van der Waals surface area contributed by atoms with E-state index in [2.05, 4.69) is 34.2 Å². The summed E-state index contributed by atoms with van der Waals surface area (Å²) in [6, 6.07) is 9.78. The zero-order valence-electron chi connectivity index (χ0n) is 15.9. The van der Waals surface area contributed by atoms with E-state index in [9.17, 15) is 5.11 Å². The molecule has 27 heavy (non-hydrogen) atoms. The third-order valence-electron chi connectivity index (χ3n) is 4.59. The molecule has 0 radical (unpaired) electrons. The van der Waals surface area contributed by atoms with E-state index >= 15 is 0 Å². The molecule has 6 heteroatoms. The first-order valence-corrected chi connectivity index (χ1v) is 11.7. The lowest BCUT2D eigenvalue weighted by Gasteiger charge is -2.28. The number of hydrogen-bond donors (Lipinski definition) is 2. The third kappa shape index (κ3) is 4.93. The van der Waals surface area contributed by atoms with Gasteiger partial charge in [-0.1, -0.05) is 26.3 Å². The van der Waals surface area contributed by atoms with Crippen molar-refractivity contribution in [3.8, 4) is 11.5 Å². The Balaban J connectivity index is 1.85. The first-order chi connectivity index (χ1) is 13.1. The number of aromatic hydroxyl groups is 1. The summed E-state index contributed by atoms with van der Waals surface area (Å²) >= 11 is -0.126. The van der Waals surface area contributed by atoms with Crippen LogP contribution < -0.4 is 10.1 Å². The van der Waals surface area contributed by atoms with Gasteiger partial charge in [0.2, 0.25) is 0 Å². The second-order valence-electron chi connectivity index (χ2n) is 6.55. The highest BCUT2D eigenvalue weighted by Crippen LogP contribution is 2.29. The number of hydrogen-bond acceptors (Lipinski definition) is 5. The third-order valence-corrected chi connectivity index (χ3v) is 7.35. The minimum absolute atomic E-state index is 0.0781. The van der Waals surface area contributed by atoms with Crippen LogP contribution in [0.3, 0.4) is 0 Å². The normalized spacial score (nSPS) is 20.5. The number of nitrogens with zero attached hydrogens (tertiary/aromatic N) is 2. The van der Waals surface area contributed by atoms with Crippen molar-refractivity contribution in [3.63, 3.8) is 0 Å². The average Bonchev–Trinajstić information content (AvgIpc) is 2.70. The Morgan fingerprint density at radius 3 is 2.89 bits per heavy atom. The maximum atomic E-state index is 9.84. The largest absolute Gasteiger partial charge is 0.504 e. The standard InChI is InChI=1S/C21H26IN3O2/c1-4-6-17(16-7-5-10-23-13-16)24-21-14(2)22-12-18(25-21)15-8-9-19(26)20(11-15)27-3/h5,7-14,17,21,24,26H,4,6H2,1-3H3. The number of phenolic OH excluding ortho intramolecular Hbond substituents is 1. The van der Waals surface area contributed by atoms with Crippen molar-refractivity contribution in [2.75, 3.05) is 7.11 Å². The SMILES string of the molecule is CCCC(NC1N=C(c2ccc(O)c(OC)c2)C=IC1C)c1cccnc1. The Morgan fingerprint density at radius 2 is 2.19 bits per heavy atom. The molecule has 144 valence electrons. The summed E-state index contributed by atoms with van der Waals surface area (Å²) < 4.78 is 8.03. The number of nitrogens with one attached hydrogen (secondary N) is 1. The molecule has 1 aromatic carbocycles. The molecule has 3 atom stereocenters. The van der Waals surface area contributed by atoms with E-state index in [0.717, 1.165) is 24.1 Å². The summed E-state index contributed by atoms with van der Waals surface area (Å²) in [5.41, 5.74) is 3.18. The number of ether oxygens (including phenoxy) is 1. The van der Waals surface area contributed by atoms with Crippen LogP contribution in [-0.2, 0) is 0 Å². The Kier molecular flexibility index (Phi) is 6.95. The van der Waals surface area contributed by atoms with Crippen LogP contribution in [-0.4, -0.2) is 37.0 Å². The van der Waals surface area contributed by atoms with Gasteiger partial charge in [-0.3, -0.25) is 15.3 Å². The number of benzene rings is 1. The smallest absolute Gasteiger partial charge is 0.161 e. The van der Waals surface area contributed by atoms with Crippen LogP contribution in [0.25, 0.3) is 0 Å². The Hall–Kier alpha value is -1.80. The molecule has 0 bridgehead atoms. The van der Waals surface area contributed by atoms with Crippen LogP contribution in [0, 0.1) is 0 Å². The van der Waals surface area contributed by atoms with Crippen LogP contribution in [0.15, 0.2) is 47.7 Å². The molecule has 2 N–H and O–H groups in total. The van der Waals surface area contributed by atoms with Crippen molar-refractivity contribution < 1.29 is 9.84 Å². The van der Waals surface area contributed by atoms with Crippen molar-refractivity contribution in [3.05, 3.63) is 53.9 Å². The van der Waals surface area contributed by atoms with Gasteiger partial charge in [0.15, 0.2) is 11.5 Å². The van der Waals surface area contributed by atoms with Crippen LogP contribution >= 0.6 is 20.7 Å². The number of phenols is 1. The highest BCUT2D eigenvalue weighted by atomic mass is 127.